The Hall–Kier alpha value is -1.31. The average Bonchev–Trinajstić information content (AvgIpc) is 2.54. The van der Waals surface area contributed by atoms with Crippen LogP contribution in [0.3, 0.4) is 0 Å². The molecule has 0 saturated carbocycles. The molecule has 1 aromatic rings. The maximum absolute atomic E-state index is 12.0. The smallest absolute Gasteiger partial charge is 0.243 e. The highest BCUT2D eigenvalue weighted by atomic mass is 127. The van der Waals surface area contributed by atoms with E-state index >= 15 is 0 Å². The third-order valence-electron chi connectivity index (χ3n) is 3.33. The number of amides is 1. The number of nitrogens with one attached hydrogen (secondary N) is 3. The van der Waals surface area contributed by atoms with Gasteiger partial charge in [0.25, 0.3) is 0 Å². The molecule has 1 aromatic carbocycles. The first-order valence-corrected chi connectivity index (χ1v) is 8.02. The number of unbranched alkanes of at least 4 members (excludes halogenated alkanes) is 2. The molecule has 0 radical (unpaired) electrons. The largest absolute Gasteiger partial charge is 0.356 e. The van der Waals surface area contributed by atoms with E-state index < -0.39 is 0 Å². The number of carbonyl (C=O) groups is 1. The lowest BCUT2D eigenvalue weighted by atomic mass is 10.1. The van der Waals surface area contributed by atoms with Gasteiger partial charge >= 0.3 is 0 Å². The summed E-state index contributed by atoms with van der Waals surface area (Å²) < 4.78 is 0. The minimum absolute atomic E-state index is 0. The van der Waals surface area contributed by atoms with Crippen LogP contribution in [0, 0.1) is 0 Å². The van der Waals surface area contributed by atoms with Crippen molar-refractivity contribution < 1.29 is 4.79 Å². The van der Waals surface area contributed by atoms with Crippen molar-refractivity contribution in [1.82, 2.24) is 10.6 Å². The van der Waals surface area contributed by atoms with Gasteiger partial charge in [-0.1, -0.05) is 38.8 Å². The molecule has 0 aromatic heterocycles. The number of nitrogens with zero attached hydrogens (tertiary/aromatic N) is 1. The summed E-state index contributed by atoms with van der Waals surface area (Å²) in [6, 6.07) is 7.90. The summed E-state index contributed by atoms with van der Waals surface area (Å²) >= 11 is 0. The maximum atomic E-state index is 12.0. The van der Waals surface area contributed by atoms with E-state index in [1.807, 2.05) is 18.2 Å². The molecule has 1 rings (SSSR count). The Morgan fingerprint density at radius 1 is 1.17 bits per heavy atom. The van der Waals surface area contributed by atoms with Crippen LogP contribution in [0.1, 0.15) is 38.7 Å². The first-order chi connectivity index (χ1) is 10.7. The molecule has 6 heteroatoms. The predicted octanol–water partition coefficient (Wildman–Crippen LogP) is 3.16. The lowest BCUT2D eigenvalue weighted by molar-refractivity contribution is -0.115. The highest BCUT2D eigenvalue weighted by Gasteiger charge is 2.04. The molecule has 0 spiro atoms. The fourth-order valence-electron chi connectivity index (χ4n) is 2.04. The van der Waals surface area contributed by atoms with E-state index in [9.17, 15) is 4.79 Å². The number of rotatable bonds is 8. The summed E-state index contributed by atoms with van der Waals surface area (Å²) in [4.78, 5) is 16.1. The standard InChI is InChI=1S/C17H28N4O.HI/c1-4-6-7-11-19-17(18-3)20-13-16(22)21-15-10-8-9-14(5-2)12-15;/h8-10,12H,4-7,11,13H2,1-3H3,(H,21,22)(H2,18,19,20);1H. The van der Waals surface area contributed by atoms with E-state index in [0.29, 0.717) is 5.96 Å². The summed E-state index contributed by atoms with van der Waals surface area (Å²) in [7, 11) is 1.71. The van der Waals surface area contributed by atoms with E-state index in [4.69, 9.17) is 0 Å². The second kappa shape index (κ2) is 13.2. The minimum atomic E-state index is -0.0789. The van der Waals surface area contributed by atoms with Crippen LogP contribution in [0.4, 0.5) is 5.69 Å². The Labute approximate surface area is 156 Å². The summed E-state index contributed by atoms with van der Waals surface area (Å²) in [5.74, 6) is 0.582. The van der Waals surface area contributed by atoms with Crippen molar-refractivity contribution in [3.05, 3.63) is 29.8 Å². The van der Waals surface area contributed by atoms with Crippen molar-refractivity contribution in [2.24, 2.45) is 4.99 Å². The van der Waals surface area contributed by atoms with Crippen molar-refractivity contribution in [2.45, 2.75) is 39.5 Å². The van der Waals surface area contributed by atoms with E-state index in [-0.39, 0.29) is 36.4 Å². The van der Waals surface area contributed by atoms with Gasteiger partial charge in [-0.3, -0.25) is 9.79 Å². The Kier molecular flexibility index (Phi) is 12.4. The van der Waals surface area contributed by atoms with E-state index in [1.54, 1.807) is 7.05 Å². The Morgan fingerprint density at radius 2 is 1.96 bits per heavy atom. The molecule has 130 valence electrons. The molecule has 0 heterocycles. The molecule has 0 aliphatic heterocycles. The van der Waals surface area contributed by atoms with Crippen molar-refractivity contribution in [2.75, 3.05) is 25.5 Å². The first kappa shape index (κ1) is 21.7. The van der Waals surface area contributed by atoms with E-state index in [1.165, 1.54) is 18.4 Å². The molecule has 0 fully saturated rings. The van der Waals surface area contributed by atoms with Crippen LogP contribution in [-0.4, -0.2) is 32.0 Å². The molecule has 1 amide bonds. The number of guanidine groups is 1. The molecule has 0 aliphatic rings. The topological polar surface area (TPSA) is 65.5 Å². The van der Waals surface area contributed by atoms with Crippen molar-refractivity contribution in [1.29, 1.82) is 0 Å². The van der Waals surface area contributed by atoms with E-state index in [2.05, 4.69) is 40.9 Å². The zero-order chi connectivity index (χ0) is 16.2. The monoisotopic (exact) mass is 432 g/mol. The van der Waals surface area contributed by atoms with Gasteiger partial charge in [-0.2, -0.15) is 0 Å². The summed E-state index contributed by atoms with van der Waals surface area (Å²) in [6.07, 6.45) is 4.44. The average molecular weight is 432 g/mol. The van der Waals surface area contributed by atoms with Crippen LogP contribution in [0.25, 0.3) is 0 Å². The summed E-state index contributed by atoms with van der Waals surface area (Å²) in [5, 5.41) is 9.11. The molecule has 0 bridgehead atoms. The molecule has 3 N–H and O–H groups in total. The third kappa shape index (κ3) is 9.43. The van der Waals surface area contributed by atoms with Crippen LogP contribution in [0.2, 0.25) is 0 Å². The van der Waals surface area contributed by atoms with Crippen LogP contribution in [0.15, 0.2) is 29.3 Å². The van der Waals surface area contributed by atoms with Gasteiger partial charge in [-0.25, -0.2) is 0 Å². The fourth-order valence-corrected chi connectivity index (χ4v) is 2.04. The normalized spacial score (nSPS) is 10.7. The molecular weight excluding hydrogens is 403 g/mol. The molecule has 23 heavy (non-hydrogen) atoms. The SMILES string of the molecule is CCCCCNC(=NC)NCC(=O)Nc1cccc(CC)c1.I. The lowest BCUT2D eigenvalue weighted by Crippen LogP contribution is -2.41. The van der Waals surface area contributed by atoms with Gasteiger partial charge < -0.3 is 16.0 Å². The molecule has 0 unspecified atom stereocenters. The van der Waals surface area contributed by atoms with Crippen LogP contribution >= 0.6 is 24.0 Å². The molecule has 5 nitrogen and oxygen atoms in total. The molecule has 0 atom stereocenters. The fraction of sp³-hybridized carbons (Fsp3) is 0.529. The van der Waals surface area contributed by atoms with Gasteiger partial charge in [0.2, 0.25) is 5.91 Å². The van der Waals surface area contributed by atoms with Crippen molar-refractivity contribution in [3.8, 4) is 0 Å². The van der Waals surface area contributed by atoms with Gasteiger partial charge in [0.05, 0.1) is 6.54 Å². The van der Waals surface area contributed by atoms with Gasteiger partial charge in [-0.15, -0.1) is 24.0 Å². The number of carbonyl (C=O) groups excluding carboxylic acids is 1. The number of aliphatic imine (C=N–C) groups is 1. The third-order valence-corrected chi connectivity index (χ3v) is 3.33. The zero-order valence-corrected chi connectivity index (χ0v) is 16.6. The minimum Gasteiger partial charge on any atom is -0.356 e. The Balaban J connectivity index is 0.00000484. The number of anilines is 1. The van der Waals surface area contributed by atoms with Gasteiger partial charge in [-0.05, 0) is 30.5 Å². The van der Waals surface area contributed by atoms with Crippen molar-refractivity contribution in [3.63, 3.8) is 0 Å². The Morgan fingerprint density at radius 3 is 2.61 bits per heavy atom. The van der Waals surface area contributed by atoms with Gasteiger partial charge in [0.15, 0.2) is 5.96 Å². The first-order valence-electron chi connectivity index (χ1n) is 8.02. The Bertz CT molecular complexity index is 491. The molecule has 0 aliphatic carbocycles. The molecule has 0 saturated heterocycles. The van der Waals surface area contributed by atoms with Crippen LogP contribution in [0.5, 0.6) is 0 Å². The predicted molar refractivity (Wildman–Crippen MR) is 109 cm³/mol. The lowest BCUT2D eigenvalue weighted by Gasteiger charge is -2.12. The summed E-state index contributed by atoms with van der Waals surface area (Å²) in [5.41, 5.74) is 2.04. The number of benzene rings is 1. The van der Waals surface area contributed by atoms with Crippen LogP contribution < -0.4 is 16.0 Å². The highest BCUT2D eigenvalue weighted by Crippen LogP contribution is 2.10. The zero-order valence-electron chi connectivity index (χ0n) is 14.3. The number of halogens is 1. The number of hydrogen-bond donors (Lipinski definition) is 3. The van der Waals surface area contributed by atoms with Gasteiger partial charge in [0.1, 0.15) is 0 Å². The molecular formula is C17H29IN4O. The van der Waals surface area contributed by atoms with E-state index in [0.717, 1.165) is 25.1 Å². The van der Waals surface area contributed by atoms with Crippen LogP contribution in [-0.2, 0) is 11.2 Å². The maximum Gasteiger partial charge on any atom is 0.243 e. The number of hydrogen-bond acceptors (Lipinski definition) is 2. The van der Waals surface area contributed by atoms with Crippen molar-refractivity contribution >= 4 is 41.5 Å². The highest BCUT2D eigenvalue weighted by molar-refractivity contribution is 14.0. The summed E-state index contributed by atoms with van der Waals surface area (Å²) in [6.45, 7) is 5.33. The second-order valence-electron chi connectivity index (χ2n) is 5.16. The second-order valence-corrected chi connectivity index (χ2v) is 5.16. The quantitative estimate of drug-likeness (QED) is 0.256. The number of aryl methyl sites for hydroxylation is 1. The van der Waals surface area contributed by atoms with Gasteiger partial charge in [0, 0.05) is 19.3 Å².